The third-order valence-electron chi connectivity index (χ3n) is 3.07. The number of aromatic carboxylic acids is 2. The molecule has 0 atom stereocenters. The number of benzene rings is 2. The van der Waals surface area contributed by atoms with Crippen molar-refractivity contribution in [2.45, 2.75) is 0 Å². The summed E-state index contributed by atoms with van der Waals surface area (Å²) >= 11 is 0. The van der Waals surface area contributed by atoms with Crippen LogP contribution in [0.25, 0.3) is 0 Å². The van der Waals surface area contributed by atoms with E-state index in [-0.39, 0.29) is 11.3 Å². The third kappa shape index (κ3) is 3.35. The van der Waals surface area contributed by atoms with Gasteiger partial charge in [0.1, 0.15) is 0 Å². The molecule has 122 valence electrons. The minimum absolute atomic E-state index is 0.112. The van der Waals surface area contributed by atoms with E-state index in [1.54, 1.807) is 0 Å². The van der Waals surface area contributed by atoms with Gasteiger partial charge in [-0.3, -0.25) is 14.9 Å². The Morgan fingerprint density at radius 1 is 0.917 bits per heavy atom. The van der Waals surface area contributed by atoms with E-state index in [9.17, 15) is 34.7 Å². The van der Waals surface area contributed by atoms with Crippen molar-refractivity contribution >= 4 is 29.2 Å². The largest absolute Gasteiger partial charge is 0.545 e. The van der Waals surface area contributed by atoms with E-state index in [1.807, 2.05) is 0 Å². The highest BCUT2D eigenvalue weighted by molar-refractivity contribution is 6.12. The molecule has 2 aromatic rings. The quantitative estimate of drug-likeness (QED) is 0.577. The van der Waals surface area contributed by atoms with Gasteiger partial charge in [-0.1, -0.05) is 18.2 Å². The molecule has 1 N–H and O–H groups in total. The van der Waals surface area contributed by atoms with Gasteiger partial charge in [0.05, 0.1) is 28.0 Å². The molecule has 2 rings (SSSR count). The van der Waals surface area contributed by atoms with E-state index in [1.165, 1.54) is 30.3 Å². The van der Waals surface area contributed by atoms with Gasteiger partial charge >= 0.3 is 0 Å². The van der Waals surface area contributed by atoms with Gasteiger partial charge in [0.2, 0.25) is 0 Å². The van der Waals surface area contributed by atoms with Gasteiger partial charge < -0.3 is 25.1 Å². The second-order valence-corrected chi connectivity index (χ2v) is 4.56. The molecule has 0 spiro atoms. The average molecular weight is 328 g/mol. The molecule has 0 aliphatic rings. The number of anilines is 1. The molecule has 2 aromatic carbocycles. The molecule has 0 aromatic heterocycles. The number of carbonyl (C=O) groups is 3. The van der Waals surface area contributed by atoms with Crippen molar-refractivity contribution in [2.24, 2.45) is 0 Å². The number of amides is 1. The highest BCUT2D eigenvalue weighted by Crippen LogP contribution is 2.23. The molecule has 0 bridgehead atoms. The monoisotopic (exact) mass is 328 g/mol. The predicted molar refractivity (Wildman–Crippen MR) is 76.2 cm³/mol. The van der Waals surface area contributed by atoms with Crippen LogP contribution in [-0.2, 0) is 0 Å². The van der Waals surface area contributed by atoms with Crippen LogP contribution in [0.3, 0.4) is 0 Å². The van der Waals surface area contributed by atoms with Crippen LogP contribution < -0.4 is 15.5 Å². The maximum Gasteiger partial charge on any atom is 0.279 e. The lowest BCUT2D eigenvalue weighted by atomic mass is 10.0. The standard InChI is InChI=1S/C15H10N2O7/c18-13(16-9-6-4-8(5-7-9)14(19)20)10-2-1-3-11(17(23)24)12(10)15(21)22/h1-7H,(H,16,18)(H,19,20)(H,21,22)/p-2. The van der Waals surface area contributed by atoms with E-state index in [2.05, 4.69) is 5.32 Å². The molecular formula is C15H8N2O7-2. The van der Waals surface area contributed by atoms with Gasteiger partial charge in [0.25, 0.3) is 11.6 Å². The first kappa shape index (κ1) is 16.6. The Balaban J connectivity index is 2.36. The molecule has 0 aliphatic heterocycles. The van der Waals surface area contributed by atoms with Crippen LogP contribution >= 0.6 is 0 Å². The Morgan fingerprint density at radius 2 is 1.54 bits per heavy atom. The number of rotatable bonds is 5. The van der Waals surface area contributed by atoms with Crippen molar-refractivity contribution in [3.05, 3.63) is 69.3 Å². The summed E-state index contributed by atoms with van der Waals surface area (Å²) in [4.78, 5) is 43.9. The number of carbonyl (C=O) groups excluding carboxylic acids is 3. The Hall–Kier alpha value is -3.75. The van der Waals surface area contributed by atoms with Crippen LogP contribution in [0.2, 0.25) is 0 Å². The molecule has 0 fully saturated rings. The number of carboxylic acids is 2. The van der Waals surface area contributed by atoms with Gasteiger partial charge in [-0.15, -0.1) is 0 Å². The number of carboxylic acid groups (broad SMARTS) is 2. The van der Waals surface area contributed by atoms with E-state index in [0.29, 0.717) is 0 Å². The second kappa shape index (κ2) is 6.57. The first-order chi connectivity index (χ1) is 11.3. The summed E-state index contributed by atoms with van der Waals surface area (Å²) < 4.78 is 0. The van der Waals surface area contributed by atoms with Gasteiger partial charge in [0, 0.05) is 11.8 Å². The highest BCUT2D eigenvalue weighted by Gasteiger charge is 2.22. The third-order valence-corrected chi connectivity index (χ3v) is 3.07. The number of nitro benzene ring substituents is 1. The number of nitro groups is 1. The fraction of sp³-hybridized carbons (Fsp3) is 0. The van der Waals surface area contributed by atoms with Crippen LogP contribution in [-0.4, -0.2) is 22.8 Å². The molecule has 0 saturated heterocycles. The molecule has 0 unspecified atom stereocenters. The van der Waals surface area contributed by atoms with Gasteiger partial charge in [-0.05, 0) is 23.8 Å². The smallest absolute Gasteiger partial charge is 0.279 e. The lowest BCUT2D eigenvalue weighted by molar-refractivity contribution is -0.385. The molecule has 9 nitrogen and oxygen atoms in total. The van der Waals surface area contributed by atoms with Crippen LogP contribution in [0.1, 0.15) is 31.1 Å². The van der Waals surface area contributed by atoms with E-state index >= 15 is 0 Å². The summed E-state index contributed by atoms with van der Waals surface area (Å²) in [5.74, 6) is -4.18. The highest BCUT2D eigenvalue weighted by atomic mass is 16.6. The summed E-state index contributed by atoms with van der Waals surface area (Å²) in [5, 5.41) is 35.0. The molecule has 1 amide bonds. The SMILES string of the molecule is O=C([O-])c1ccc(NC(=O)c2cccc([N+](=O)[O-])c2C(=O)[O-])cc1. The lowest BCUT2D eigenvalue weighted by Gasteiger charge is -2.11. The lowest BCUT2D eigenvalue weighted by Crippen LogP contribution is -2.27. The molecule has 24 heavy (non-hydrogen) atoms. The maximum absolute atomic E-state index is 12.2. The molecule has 9 heteroatoms. The number of hydrogen-bond acceptors (Lipinski definition) is 7. The summed E-state index contributed by atoms with van der Waals surface area (Å²) in [5.41, 5.74) is -2.01. The van der Waals surface area contributed by atoms with Crippen LogP contribution in [0, 0.1) is 10.1 Å². The fourth-order valence-corrected chi connectivity index (χ4v) is 1.98. The average Bonchev–Trinajstić information content (AvgIpc) is 2.54. The van der Waals surface area contributed by atoms with Gasteiger partial charge in [-0.25, -0.2) is 0 Å². The number of hydrogen-bond donors (Lipinski definition) is 1. The van der Waals surface area contributed by atoms with Crippen LogP contribution in [0.5, 0.6) is 0 Å². The Bertz CT molecular complexity index is 843. The predicted octanol–water partition coefficient (Wildman–Crippen LogP) is -0.426. The summed E-state index contributed by atoms with van der Waals surface area (Å²) in [6.07, 6.45) is 0. The van der Waals surface area contributed by atoms with Crippen molar-refractivity contribution in [3.8, 4) is 0 Å². The molecule has 0 heterocycles. The fourth-order valence-electron chi connectivity index (χ4n) is 1.98. The van der Waals surface area contributed by atoms with Crippen LogP contribution in [0.15, 0.2) is 42.5 Å². The molecule has 0 saturated carbocycles. The Morgan fingerprint density at radius 3 is 2.04 bits per heavy atom. The minimum atomic E-state index is -1.86. The van der Waals surface area contributed by atoms with Crippen molar-refractivity contribution in [1.82, 2.24) is 0 Å². The summed E-state index contributed by atoms with van der Waals surface area (Å²) in [6.45, 7) is 0. The van der Waals surface area contributed by atoms with Crippen molar-refractivity contribution in [1.29, 1.82) is 0 Å². The van der Waals surface area contributed by atoms with E-state index in [0.717, 1.165) is 12.1 Å². The van der Waals surface area contributed by atoms with Crippen molar-refractivity contribution in [3.63, 3.8) is 0 Å². The Kier molecular flexibility index (Phi) is 4.55. The molecular weight excluding hydrogens is 320 g/mol. The first-order valence-corrected chi connectivity index (χ1v) is 6.42. The zero-order valence-corrected chi connectivity index (χ0v) is 11.8. The topological polar surface area (TPSA) is 152 Å². The zero-order valence-electron chi connectivity index (χ0n) is 11.8. The molecule has 0 radical (unpaired) electrons. The van der Waals surface area contributed by atoms with Crippen molar-refractivity contribution in [2.75, 3.05) is 5.32 Å². The van der Waals surface area contributed by atoms with Crippen LogP contribution in [0.4, 0.5) is 11.4 Å². The van der Waals surface area contributed by atoms with E-state index in [4.69, 9.17) is 0 Å². The number of nitrogens with zero attached hydrogens (tertiary/aromatic N) is 1. The maximum atomic E-state index is 12.2. The van der Waals surface area contributed by atoms with E-state index < -0.39 is 39.6 Å². The molecule has 0 aliphatic carbocycles. The zero-order chi connectivity index (χ0) is 17.9. The number of nitrogens with one attached hydrogen (secondary N) is 1. The second-order valence-electron chi connectivity index (χ2n) is 4.56. The Labute approximate surface area is 134 Å². The normalized spacial score (nSPS) is 10.0. The van der Waals surface area contributed by atoms with Gasteiger partial charge in [-0.2, -0.15) is 0 Å². The van der Waals surface area contributed by atoms with Crippen molar-refractivity contribution < 1.29 is 29.5 Å². The minimum Gasteiger partial charge on any atom is -0.545 e. The van der Waals surface area contributed by atoms with Gasteiger partial charge in [0.15, 0.2) is 0 Å². The summed E-state index contributed by atoms with van der Waals surface area (Å²) in [7, 11) is 0. The first-order valence-electron chi connectivity index (χ1n) is 6.42. The summed E-state index contributed by atoms with van der Waals surface area (Å²) in [6, 6.07) is 8.09.